The third kappa shape index (κ3) is 2.98. The molecule has 2 aromatic carbocycles. The van der Waals surface area contributed by atoms with Crippen molar-refractivity contribution >= 4 is 17.4 Å². The summed E-state index contributed by atoms with van der Waals surface area (Å²) in [7, 11) is 0. The summed E-state index contributed by atoms with van der Waals surface area (Å²) in [6, 6.07) is 14.8. The van der Waals surface area contributed by atoms with Gasteiger partial charge in [0.15, 0.2) is 5.78 Å². The highest BCUT2D eigenvalue weighted by Gasteiger charge is 2.15. The first-order valence-corrected chi connectivity index (χ1v) is 6.41. The number of Topliss-reactive ketones (excluding diaryl/α,β-unsaturated/α-hetero) is 1. The van der Waals surface area contributed by atoms with E-state index in [1.165, 1.54) is 6.92 Å². The maximum Gasteiger partial charge on any atom is 0.161 e. The van der Waals surface area contributed by atoms with Crippen LogP contribution in [0.1, 0.15) is 28.4 Å². The van der Waals surface area contributed by atoms with E-state index in [-0.39, 0.29) is 16.4 Å². The Morgan fingerprint density at radius 3 is 2.55 bits per heavy atom. The number of ether oxygens (including phenoxy) is 1. The van der Waals surface area contributed by atoms with Gasteiger partial charge in [0, 0.05) is 5.56 Å². The Morgan fingerprint density at radius 2 is 1.95 bits per heavy atom. The summed E-state index contributed by atoms with van der Waals surface area (Å²) < 4.78 is 5.61. The molecule has 0 saturated heterocycles. The lowest BCUT2D eigenvalue weighted by molar-refractivity contribution is 0.101. The molecule has 0 aliphatic rings. The summed E-state index contributed by atoms with van der Waals surface area (Å²) in [5.74, 6) is 0.204. The molecule has 0 N–H and O–H groups in total. The molecule has 0 amide bonds. The predicted molar refractivity (Wildman–Crippen MR) is 76.9 cm³/mol. The number of ketones is 1. The normalized spacial score (nSPS) is 9.85. The molecular weight excluding hydrogens is 274 g/mol. The summed E-state index contributed by atoms with van der Waals surface area (Å²) in [4.78, 5) is 11.4. The van der Waals surface area contributed by atoms with E-state index in [2.05, 4.69) is 0 Å². The molecule has 0 aliphatic heterocycles. The molecule has 0 saturated carbocycles. The zero-order valence-corrected chi connectivity index (χ0v) is 11.6. The number of rotatable bonds is 4. The minimum Gasteiger partial charge on any atom is -0.487 e. The highest BCUT2D eigenvalue weighted by Crippen LogP contribution is 2.31. The second kappa shape index (κ2) is 6.23. The molecule has 0 radical (unpaired) electrons. The van der Waals surface area contributed by atoms with Crippen LogP contribution in [0.25, 0.3) is 0 Å². The third-order valence-electron chi connectivity index (χ3n) is 2.83. The molecule has 2 aromatic rings. The van der Waals surface area contributed by atoms with E-state index < -0.39 is 0 Å². The smallest absolute Gasteiger partial charge is 0.161 e. The number of nitriles is 1. The van der Waals surface area contributed by atoms with Crippen molar-refractivity contribution in [2.45, 2.75) is 13.5 Å². The average molecular weight is 286 g/mol. The summed E-state index contributed by atoms with van der Waals surface area (Å²) >= 11 is 6.12. The van der Waals surface area contributed by atoms with Crippen LogP contribution < -0.4 is 4.74 Å². The van der Waals surface area contributed by atoms with Crippen molar-refractivity contribution in [2.24, 2.45) is 0 Å². The van der Waals surface area contributed by atoms with E-state index in [1.54, 1.807) is 12.1 Å². The molecule has 0 fully saturated rings. The van der Waals surface area contributed by atoms with Crippen LogP contribution in [0, 0.1) is 11.3 Å². The lowest BCUT2D eigenvalue weighted by Gasteiger charge is -2.10. The summed E-state index contributed by atoms with van der Waals surface area (Å²) in [5, 5.41) is 9.29. The second-order valence-electron chi connectivity index (χ2n) is 4.24. The molecule has 3 nitrogen and oxygen atoms in total. The van der Waals surface area contributed by atoms with Crippen molar-refractivity contribution in [3.05, 3.63) is 64.2 Å². The predicted octanol–water partition coefficient (Wildman–Crippen LogP) is 3.99. The van der Waals surface area contributed by atoms with Crippen molar-refractivity contribution in [2.75, 3.05) is 0 Å². The molecule has 0 aliphatic carbocycles. The van der Waals surface area contributed by atoms with Gasteiger partial charge in [0.1, 0.15) is 23.4 Å². The molecule has 0 heterocycles. The lowest BCUT2D eigenvalue weighted by atomic mass is 10.0. The Labute approximate surface area is 122 Å². The van der Waals surface area contributed by atoms with E-state index in [9.17, 15) is 4.79 Å². The summed E-state index contributed by atoms with van der Waals surface area (Å²) in [5.41, 5.74) is 1.46. The van der Waals surface area contributed by atoms with Crippen molar-refractivity contribution in [1.82, 2.24) is 0 Å². The van der Waals surface area contributed by atoms with Crippen molar-refractivity contribution in [1.29, 1.82) is 5.26 Å². The molecule has 4 heteroatoms. The fraction of sp³-hybridized carbons (Fsp3) is 0.125. The van der Waals surface area contributed by atoms with Crippen molar-refractivity contribution in [3.8, 4) is 11.8 Å². The van der Waals surface area contributed by atoms with Gasteiger partial charge in [-0.25, -0.2) is 0 Å². The third-order valence-corrected chi connectivity index (χ3v) is 3.21. The first-order chi connectivity index (χ1) is 9.63. The molecule has 20 heavy (non-hydrogen) atoms. The van der Waals surface area contributed by atoms with Crippen LogP contribution in [0.2, 0.25) is 5.02 Å². The van der Waals surface area contributed by atoms with E-state index >= 15 is 0 Å². The van der Waals surface area contributed by atoms with E-state index in [4.69, 9.17) is 21.6 Å². The number of carbonyl (C=O) groups is 1. The number of hydrogen-bond acceptors (Lipinski definition) is 3. The topological polar surface area (TPSA) is 50.1 Å². The standard InChI is InChI=1S/C16H12ClNO2/c1-11(19)13-7-8-15(16(17)14(13)9-18)20-10-12-5-3-2-4-6-12/h2-8H,10H2,1H3. The van der Waals surface area contributed by atoms with Gasteiger partial charge in [0.25, 0.3) is 0 Å². The van der Waals surface area contributed by atoms with E-state index in [1.807, 2.05) is 36.4 Å². The molecule has 0 spiro atoms. The van der Waals surface area contributed by atoms with Gasteiger partial charge in [-0.05, 0) is 24.6 Å². The van der Waals surface area contributed by atoms with E-state index in [0.29, 0.717) is 17.9 Å². The molecule has 0 unspecified atom stereocenters. The Bertz CT molecular complexity index is 675. The number of nitrogens with zero attached hydrogens (tertiary/aromatic N) is 1. The van der Waals surface area contributed by atoms with Gasteiger partial charge in [-0.1, -0.05) is 41.9 Å². The van der Waals surface area contributed by atoms with Gasteiger partial charge < -0.3 is 4.74 Å². The SMILES string of the molecule is CC(=O)c1ccc(OCc2ccccc2)c(Cl)c1C#N. The fourth-order valence-corrected chi connectivity index (χ4v) is 2.07. The molecular formula is C16H12ClNO2. The summed E-state index contributed by atoms with van der Waals surface area (Å²) in [6.07, 6.45) is 0. The van der Waals surface area contributed by atoms with Gasteiger partial charge in [0.2, 0.25) is 0 Å². The van der Waals surface area contributed by atoms with Gasteiger partial charge >= 0.3 is 0 Å². The second-order valence-corrected chi connectivity index (χ2v) is 4.62. The zero-order chi connectivity index (χ0) is 14.5. The maximum absolute atomic E-state index is 11.4. The van der Waals surface area contributed by atoms with Crippen LogP contribution in [-0.4, -0.2) is 5.78 Å². The first-order valence-electron chi connectivity index (χ1n) is 6.03. The lowest BCUT2D eigenvalue weighted by Crippen LogP contribution is -2.01. The van der Waals surface area contributed by atoms with Crippen LogP contribution in [0.5, 0.6) is 5.75 Å². The van der Waals surface area contributed by atoms with Crippen LogP contribution >= 0.6 is 11.6 Å². The fourth-order valence-electron chi connectivity index (χ4n) is 1.81. The highest BCUT2D eigenvalue weighted by molar-refractivity contribution is 6.33. The monoisotopic (exact) mass is 285 g/mol. The molecule has 0 atom stereocenters. The molecule has 100 valence electrons. The van der Waals surface area contributed by atoms with Gasteiger partial charge in [0.05, 0.1) is 5.56 Å². The summed E-state index contributed by atoms with van der Waals surface area (Å²) in [6.45, 7) is 1.75. The Kier molecular flexibility index (Phi) is 4.39. The van der Waals surface area contributed by atoms with Gasteiger partial charge in [-0.2, -0.15) is 5.26 Å². The Balaban J connectivity index is 2.26. The largest absolute Gasteiger partial charge is 0.487 e. The Hall–Kier alpha value is -2.31. The van der Waals surface area contributed by atoms with Crippen molar-refractivity contribution < 1.29 is 9.53 Å². The van der Waals surface area contributed by atoms with Gasteiger partial charge in [-0.3, -0.25) is 4.79 Å². The van der Waals surface area contributed by atoms with Crippen LogP contribution in [0.15, 0.2) is 42.5 Å². The molecule has 0 aromatic heterocycles. The first kappa shape index (κ1) is 14.1. The maximum atomic E-state index is 11.4. The number of carbonyl (C=O) groups excluding carboxylic acids is 1. The van der Waals surface area contributed by atoms with Crippen molar-refractivity contribution in [3.63, 3.8) is 0 Å². The molecule has 2 rings (SSSR count). The van der Waals surface area contributed by atoms with E-state index in [0.717, 1.165) is 5.56 Å². The molecule has 0 bridgehead atoms. The number of halogens is 1. The number of hydrogen-bond donors (Lipinski definition) is 0. The van der Waals surface area contributed by atoms with Gasteiger partial charge in [-0.15, -0.1) is 0 Å². The zero-order valence-electron chi connectivity index (χ0n) is 10.9. The Morgan fingerprint density at radius 1 is 1.25 bits per heavy atom. The van der Waals surface area contributed by atoms with Crippen LogP contribution in [-0.2, 0) is 6.61 Å². The highest BCUT2D eigenvalue weighted by atomic mass is 35.5. The van der Waals surface area contributed by atoms with Crippen LogP contribution in [0.3, 0.4) is 0 Å². The quantitative estimate of drug-likeness (QED) is 0.798. The minimum absolute atomic E-state index is 0.157. The minimum atomic E-state index is -0.196. The average Bonchev–Trinajstić information content (AvgIpc) is 2.46. The number of benzene rings is 2. The van der Waals surface area contributed by atoms with Crippen LogP contribution in [0.4, 0.5) is 0 Å².